The van der Waals surface area contributed by atoms with Crippen molar-refractivity contribution in [3.05, 3.63) is 29.0 Å². The number of hydrogen-bond donors (Lipinski definition) is 2. The van der Waals surface area contributed by atoms with Gasteiger partial charge in [0, 0.05) is 5.02 Å². The number of rotatable bonds is 4. The number of halogens is 2. The number of carbonyl (C=O) groups excluding carboxylic acids is 3. The monoisotopic (exact) mass is 339 g/mol. The van der Waals surface area contributed by atoms with Crippen molar-refractivity contribution in [2.45, 2.75) is 25.3 Å². The molecule has 0 bridgehead atoms. The van der Waals surface area contributed by atoms with E-state index in [1.165, 1.54) is 12.1 Å². The molecule has 1 aliphatic carbocycles. The highest BCUT2D eigenvalue weighted by Crippen LogP contribution is 2.42. The zero-order chi connectivity index (χ0) is 16.8. The van der Waals surface area contributed by atoms with E-state index in [1.807, 2.05) is 0 Å². The highest BCUT2D eigenvalue weighted by atomic mass is 35.5. The number of nitrogens with zero attached hydrogens (tertiary/aromatic N) is 1. The first-order chi connectivity index (χ1) is 10.8. The Kier molecular flexibility index (Phi) is 3.75. The van der Waals surface area contributed by atoms with Gasteiger partial charge in [0.25, 0.3) is 5.91 Å². The molecule has 0 spiro atoms. The number of anilines is 1. The second kappa shape index (κ2) is 5.49. The molecule has 122 valence electrons. The molecule has 2 aliphatic rings. The van der Waals surface area contributed by atoms with Crippen LogP contribution < -0.4 is 10.6 Å². The van der Waals surface area contributed by atoms with E-state index in [-0.39, 0.29) is 16.6 Å². The Bertz CT molecular complexity index is 707. The first-order valence-corrected chi connectivity index (χ1v) is 7.58. The first kappa shape index (κ1) is 15.7. The van der Waals surface area contributed by atoms with Crippen LogP contribution in [0.4, 0.5) is 14.9 Å². The van der Waals surface area contributed by atoms with Gasteiger partial charge in [-0.25, -0.2) is 9.18 Å². The highest BCUT2D eigenvalue weighted by Gasteiger charge is 2.56. The summed E-state index contributed by atoms with van der Waals surface area (Å²) in [5, 5.41) is 5.18. The molecule has 6 nitrogen and oxygen atoms in total. The molecular formula is C15H15ClFN3O3. The van der Waals surface area contributed by atoms with Crippen LogP contribution in [0.15, 0.2) is 18.2 Å². The summed E-state index contributed by atoms with van der Waals surface area (Å²) in [6.45, 7) is 1.21. The standard InChI is InChI=1S/C15H15ClFN3O3/c1-15(8-2-3-8)13(22)20(14(23)19-15)7-12(21)18-11-5-4-9(16)6-10(11)17/h4-6,8H,2-3,7H2,1H3,(H,18,21)(H,19,23)/t15-/m1/s1. The van der Waals surface area contributed by atoms with Crippen molar-refractivity contribution in [2.75, 3.05) is 11.9 Å². The second-order valence-corrected chi connectivity index (χ2v) is 6.41. The molecule has 1 atom stereocenters. The van der Waals surface area contributed by atoms with Gasteiger partial charge in [-0.3, -0.25) is 14.5 Å². The highest BCUT2D eigenvalue weighted by molar-refractivity contribution is 6.30. The average molecular weight is 340 g/mol. The molecular weight excluding hydrogens is 325 g/mol. The fourth-order valence-corrected chi connectivity index (χ4v) is 2.88. The summed E-state index contributed by atoms with van der Waals surface area (Å²) in [6.07, 6.45) is 1.75. The van der Waals surface area contributed by atoms with Gasteiger partial charge in [0.05, 0.1) is 5.69 Å². The van der Waals surface area contributed by atoms with Crippen molar-refractivity contribution in [1.29, 1.82) is 0 Å². The van der Waals surface area contributed by atoms with Crippen LogP contribution in [0.5, 0.6) is 0 Å². The van der Waals surface area contributed by atoms with Crippen molar-refractivity contribution in [2.24, 2.45) is 5.92 Å². The zero-order valence-corrected chi connectivity index (χ0v) is 13.1. The number of urea groups is 1. The lowest BCUT2D eigenvalue weighted by Gasteiger charge is -2.20. The lowest BCUT2D eigenvalue weighted by molar-refractivity contribution is -0.134. The minimum absolute atomic E-state index is 0.0589. The Hall–Kier alpha value is -2.15. The number of nitrogens with one attached hydrogen (secondary N) is 2. The van der Waals surface area contributed by atoms with E-state index in [0.29, 0.717) is 0 Å². The van der Waals surface area contributed by atoms with Gasteiger partial charge in [0.15, 0.2) is 0 Å². The Balaban J connectivity index is 1.68. The quantitative estimate of drug-likeness (QED) is 0.825. The molecule has 0 unspecified atom stereocenters. The van der Waals surface area contributed by atoms with Crippen LogP contribution in [0.2, 0.25) is 5.02 Å². The topological polar surface area (TPSA) is 78.5 Å². The molecule has 1 aliphatic heterocycles. The third-order valence-corrected chi connectivity index (χ3v) is 4.44. The Morgan fingerprint density at radius 3 is 2.78 bits per heavy atom. The van der Waals surface area contributed by atoms with Gasteiger partial charge >= 0.3 is 6.03 Å². The van der Waals surface area contributed by atoms with E-state index in [1.54, 1.807) is 6.92 Å². The van der Waals surface area contributed by atoms with Gasteiger partial charge in [-0.05, 0) is 43.9 Å². The van der Waals surface area contributed by atoms with Crippen molar-refractivity contribution in [3.8, 4) is 0 Å². The Morgan fingerprint density at radius 2 is 2.17 bits per heavy atom. The van der Waals surface area contributed by atoms with E-state index in [2.05, 4.69) is 10.6 Å². The van der Waals surface area contributed by atoms with Crippen LogP contribution in [-0.4, -0.2) is 34.8 Å². The first-order valence-electron chi connectivity index (χ1n) is 7.20. The number of amides is 4. The van der Waals surface area contributed by atoms with Crippen LogP contribution in [0.3, 0.4) is 0 Å². The molecule has 1 saturated heterocycles. The summed E-state index contributed by atoms with van der Waals surface area (Å²) in [7, 11) is 0. The van der Waals surface area contributed by atoms with Crippen molar-refractivity contribution in [1.82, 2.24) is 10.2 Å². The molecule has 2 N–H and O–H groups in total. The summed E-state index contributed by atoms with van der Waals surface area (Å²) < 4.78 is 13.7. The lowest BCUT2D eigenvalue weighted by atomic mass is 9.96. The molecule has 1 heterocycles. The SMILES string of the molecule is C[C@]1(C2CC2)NC(=O)N(CC(=O)Nc2ccc(Cl)cc2F)C1=O. The fourth-order valence-electron chi connectivity index (χ4n) is 2.72. The molecule has 23 heavy (non-hydrogen) atoms. The summed E-state index contributed by atoms with van der Waals surface area (Å²) in [5.41, 5.74) is -1.00. The molecule has 1 saturated carbocycles. The molecule has 3 rings (SSSR count). The summed E-state index contributed by atoms with van der Waals surface area (Å²) in [6, 6.07) is 3.21. The number of hydrogen-bond acceptors (Lipinski definition) is 3. The van der Waals surface area contributed by atoms with E-state index >= 15 is 0 Å². The third-order valence-electron chi connectivity index (χ3n) is 4.20. The van der Waals surface area contributed by atoms with Crippen LogP contribution in [-0.2, 0) is 9.59 Å². The maximum absolute atomic E-state index is 13.7. The third kappa shape index (κ3) is 2.88. The lowest BCUT2D eigenvalue weighted by Crippen LogP contribution is -2.46. The van der Waals surface area contributed by atoms with E-state index < -0.39 is 35.7 Å². The molecule has 4 amide bonds. The predicted molar refractivity (Wildman–Crippen MR) is 81.4 cm³/mol. The predicted octanol–water partition coefficient (Wildman–Crippen LogP) is 2.14. The molecule has 1 aromatic carbocycles. The second-order valence-electron chi connectivity index (χ2n) is 5.97. The van der Waals surface area contributed by atoms with Crippen LogP contribution in [0.1, 0.15) is 19.8 Å². The molecule has 0 aromatic heterocycles. The average Bonchev–Trinajstić information content (AvgIpc) is 3.28. The van der Waals surface area contributed by atoms with Crippen molar-refractivity contribution >= 4 is 35.1 Å². The number of benzene rings is 1. The summed E-state index contributed by atoms with van der Waals surface area (Å²) in [4.78, 5) is 37.2. The smallest absolute Gasteiger partial charge is 0.323 e. The van der Waals surface area contributed by atoms with Gasteiger partial charge < -0.3 is 10.6 Å². The van der Waals surface area contributed by atoms with Gasteiger partial charge in [0.2, 0.25) is 5.91 Å². The van der Waals surface area contributed by atoms with Gasteiger partial charge in [0.1, 0.15) is 17.9 Å². The van der Waals surface area contributed by atoms with Gasteiger partial charge in [-0.1, -0.05) is 11.6 Å². The van der Waals surface area contributed by atoms with Crippen molar-refractivity contribution in [3.63, 3.8) is 0 Å². The molecule has 2 fully saturated rings. The Morgan fingerprint density at radius 1 is 1.48 bits per heavy atom. The number of imide groups is 1. The summed E-state index contributed by atoms with van der Waals surface area (Å²) >= 11 is 5.64. The largest absolute Gasteiger partial charge is 0.325 e. The van der Waals surface area contributed by atoms with Gasteiger partial charge in [-0.2, -0.15) is 0 Å². The van der Waals surface area contributed by atoms with Crippen LogP contribution >= 0.6 is 11.6 Å². The van der Waals surface area contributed by atoms with Crippen molar-refractivity contribution < 1.29 is 18.8 Å². The van der Waals surface area contributed by atoms with Gasteiger partial charge in [-0.15, -0.1) is 0 Å². The summed E-state index contributed by atoms with van der Waals surface area (Å²) in [5.74, 6) is -1.65. The fraction of sp³-hybridized carbons (Fsp3) is 0.400. The molecule has 8 heteroatoms. The van der Waals surface area contributed by atoms with E-state index in [9.17, 15) is 18.8 Å². The number of carbonyl (C=O) groups is 3. The van der Waals surface area contributed by atoms with Crippen LogP contribution in [0.25, 0.3) is 0 Å². The Labute approximate surface area is 137 Å². The van der Waals surface area contributed by atoms with E-state index in [0.717, 1.165) is 23.8 Å². The molecule has 1 aromatic rings. The minimum Gasteiger partial charge on any atom is -0.323 e. The maximum Gasteiger partial charge on any atom is 0.325 e. The minimum atomic E-state index is -0.942. The zero-order valence-electron chi connectivity index (χ0n) is 12.4. The maximum atomic E-state index is 13.7. The molecule has 0 radical (unpaired) electrons. The normalized spacial score (nSPS) is 23.9. The van der Waals surface area contributed by atoms with Crippen LogP contribution in [0, 0.1) is 11.7 Å². The van der Waals surface area contributed by atoms with E-state index in [4.69, 9.17) is 11.6 Å².